The van der Waals surface area contributed by atoms with Crippen molar-refractivity contribution in [1.82, 2.24) is 29.9 Å². The van der Waals surface area contributed by atoms with Crippen LogP contribution in [0.1, 0.15) is 105 Å². The van der Waals surface area contributed by atoms with Gasteiger partial charge in [0.2, 0.25) is 0 Å². The van der Waals surface area contributed by atoms with Crippen LogP contribution in [0.15, 0.2) is 156 Å². The number of hydrogen-bond donors (Lipinski definition) is 0. The first kappa shape index (κ1) is 48.4. The largest absolute Gasteiger partial charge is 0.254 e. The minimum absolute atomic E-state index is 0.277. The molecular weight excluding hydrogens is 877 g/mol. The van der Waals surface area contributed by atoms with Crippen molar-refractivity contribution >= 4 is 65.4 Å². The lowest BCUT2D eigenvalue weighted by Gasteiger charge is -2.20. The molecular formula is C66H56N6. The molecule has 9 aromatic rings. The molecule has 0 saturated carbocycles. The highest BCUT2D eigenvalue weighted by Crippen LogP contribution is 2.32. The highest BCUT2D eigenvalue weighted by Gasteiger charge is 2.22. The quantitative estimate of drug-likeness (QED) is 0.0856. The van der Waals surface area contributed by atoms with Crippen molar-refractivity contribution in [2.45, 2.75) is 83.1 Å². The molecule has 0 amide bonds. The number of fused-ring (bicyclic) bond motifs is 9. The van der Waals surface area contributed by atoms with E-state index in [9.17, 15) is 0 Å². The molecule has 3 aromatic carbocycles. The molecule has 6 heteroatoms. The van der Waals surface area contributed by atoms with E-state index in [1.54, 1.807) is 12.4 Å². The summed E-state index contributed by atoms with van der Waals surface area (Å²) in [6.45, 7) is 25.8. The van der Waals surface area contributed by atoms with E-state index in [1.165, 1.54) is 0 Å². The van der Waals surface area contributed by atoms with Gasteiger partial charge in [0.1, 0.15) is 0 Å². The summed E-state index contributed by atoms with van der Waals surface area (Å²) in [7, 11) is 0. The lowest BCUT2D eigenvalue weighted by Crippen LogP contribution is -2.11. The average Bonchev–Trinajstić information content (AvgIpc) is 3.33. The normalized spacial score (nSPS) is 11.6. The van der Waals surface area contributed by atoms with Gasteiger partial charge >= 0.3 is 0 Å². The molecule has 6 aromatic heterocycles. The molecule has 0 saturated heterocycles. The minimum atomic E-state index is -0.289. The second-order valence-corrected chi connectivity index (χ2v) is 22.3. The van der Waals surface area contributed by atoms with E-state index in [-0.39, 0.29) is 21.7 Å². The molecule has 0 bridgehead atoms. The van der Waals surface area contributed by atoms with Crippen LogP contribution in [-0.4, -0.2) is 29.9 Å². The third kappa shape index (κ3) is 10.7. The van der Waals surface area contributed by atoms with E-state index in [4.69, 9.17) is 19.9 Å². The molecule has 0 aliphatic carbocycles. The van der Waals surface area contributed by atoms with Gasteiger partial charge < -0.3 is 0 Å². The first-order chi connectivity index (χ1) is 34.2. The summed E-state index contributed by atoms with van der Waals surface area (Å²) in [6, 6.07) is 28.7. The Balaban J connectivity index is 1.01. The summed E-state index contributed by atoms with van der Waals surface area (Å²) < 4.78 is 0. The van der Waals surface area contributed by atoms with Gasteiger partial charge in [0.25, 0.3) is 0 Å². The van der Waals surface area contributed by atoms with Crippen LogP contribution in [-0.2, 0) is 0 Å². The Kier molecular flexibility index (Phi) is 12.7. The summed E-state index contributed by atoms with van der Waals surface area (Å²) in [5.74, 6) is 27.4. The van der Waals surface area contributed by atoms with Gasteiger partial charge in [-0.1, -0.05) is 190 Å². The van der Waals surface area contributed by atoms with Gasteiger partial charge in [-0.2, -0.15) is 0 Å². The molecule has 0 aliphatic heterocycles. The maximum atomic E-state index is 4.90. The Morgan fingerprint density at radius 2 is 0.542 bits per heavy atom. The molecule has 0 aliphatic rings. The molecule has 0 atom stereocenters. The number of nitrogens with zero attached hydrogens (tertiary/aromatic N) is 6. The van der Waals surface area contributed by atoms with Crippen LogP contribution in [0.25, 0.3) is 65.4 Å². The first-order valence-corrected chi connectivity index (χ1v) is 24.2. The topological polar surface area (TPSA) is 77.3 Å². The predicted octanol–water partition coefficient (Wildman–Crippen LogP) is 14.9. The van der Waals surface area contributed by atoms with Crippen LogP contribution in [0.3, 0.4) is 0 Å². The molecule has 350 valence electrons. The van der Waals surface area contributed by atoms with Crippen molar-refractivity contribution in [3.05, 3.63) is 178 Å². The SMILES string of the molecule is CC(C)(C)C(=C=C(C#Cc1cnc2c(ccc3cc(C#CC(=C=C(C#Cc4cnc5c(ccc6cccnc65)c4)C(C)(C)C)C(C)(C)C)cnc32)c1)C(C)(C)C)C#Cc1cnc2c(ccc3cccnc32)c1. The molecule has 0 spiro atoms. The van der Waals surface area contributed by atoms with Crippen molar-refractivity contribution in [2.24, 2.45) is 21.7 Å². The van der Waals surface area contributed by atoms with Crippen molar-refractivity contribution in [2.75, 3.05) is 0 Å². The van der Waals surface area contributed by atoms with Gasteiger partial charge in [-0.25, -0.2) is 0 Å². The van der Waals surface area contributed by atoms with Crippen molar-refractivity contribution < 1.29 is 0 Å². The van der Waals surface area contributed by atoms with E-state index in [1.807, 2.05) is 36.9 Å². The zero-order chi connectivity index (χ0) is 51.0. The van der Waals surface area contributed by atoms with Gasteiger partial charge in [-0.15, -0.1) is 0 Å². The molecule has 6 nitrogen and oxygen atoms in total. The van der Waals surface area contributed by atoms with Gasteiger partial charge in [-0.05, 0) is 36.4 Å². The molecule has 0 unspecified atom stereocenters. The molecule has 72 heavy (non-hydrogen) atoms. The summed E-state index contributed by atoms with van der Waals surface area (Å²) in [6.07, 6.45) is 10.9. The number of pyridine rings is 6. The molecule has 6 heterocycles. The maximum Gasteiger partial charge on any atom is 0.0965 e. The summed E-state index contributed by atoms with van der Waals surface area (Å²) in [5, 5.41) is 6.04. The highest BCUT2D eigenvalue weighted by atomic mass is 14.7. The number of hydrogen-bond acceptors (Lipinski definition) is 6. The molecule has 9 rings (SSSR count). The van der Waals surface area contributed by atoms with Gasteiger partial charge in [0, 0.05) is 113 Å². The van der Waals surface area contributed by atoms with Crippen LogP contribution >= 0.6 is 0 Å². The second-order valence-electron chi connectivity index (χ2n) is 22.3. The Hall–Kier alpha value is -8.60. The molecule has 0 radical (unpaired) electrons. The van der Waals surface area contributed by atoms with Crippen molar-refractivity contribution in [3.63, 3.8) is 0 Å². The van der Waals surface area contributed by atoms with E-state index in [0.29, 0.717) is 0 Å². The van der Waals surface area contributed by atoms with Gasteiger partial charge in [-0.3, -0.25) is 29.9 Å². The Labute approximate surface area is 423 Å². The van der Waals surface area contributed by atoms with Gasteiger partial charge in [0.05, 0.1) is 55.4 Å². The van der Waals surface area contributed by atoms with E-state index in [0.717, 1.165) is 110 Å². The maximum absolute atomic E-state index is 4.90. The zero-order valence-corrected chi connectivity index (χ0v) is 43.2. The lowest BCUT2D eigenvalue weighted by atomic mass is 9.82. The van der Waals surface area contributed by atoms with Crippen LogP contribution in [0, 0.1) is 69.0 Å². The van der Waals surface area contributed by atoms with E-state index >= 15 is 0 Å². The third-order valence-corrected chi connectivity index (χ3v) is 12.2. The van der Waals surface area contributed by atoms with Crippen LogP contribution < -0.4 is 0 Å². The Bertz CT molecular complexity index is 3850. The smallest absolute Gasteiger partial charge is 0.0965 e. The standard InChI is InChI=1S/C66H56N6/c1-63(2,3)53(27-17-43-33-49-23-21-47-15-13-31-67-57(47)59(49)69-39-43)37-55(65(7,8)9)29-19-45-35-51-25-26-52-36-46(42-72-62(52)61(51)71-41-45)20-30-56(66(10,11)12)38-54(64(4,5)6)28-18-44-34-50-24-22-48-16-14-32-68-58(48)60(50)70-40-44/h13-16,21-26,31-36,39-42H,1-12H3. The van der Waals surface area contributed by atoms with Gasteiger partial charge in [0.15, 0.2) is 0 Å². The van der Waals surface area contributed by atoms with E-state index in [2.05, 4.69) is 225 Å². The molecule has 0 N–H and O–H groups in total. The molecule has 0 fully saturated rings. The fraction of sp³-hybridized carbons (Fsp3) is 0.242. The average molecular weight is 933 g/mol. The second kappa shape index (κ2) is 19.0. The monoisotopic (exact) mass is 932 g/mol. The van der Waals surface area contributed by atoms with Crippen molar-refractivity contribution in [1.29, 1.82) is 0 Å². The summed E-state index contributed by atoms with van der Waals surface area (Å²) in [4.78, 5) is 28.5. The zero-order valence-electron chi connectivity index (χ0n) is 43.2. The van der Waals surface area contributed by atoms with Crippen LogP contribution in [0.2, 0.25) is 0 Å². The highest BCUT2D eigenvalue weighted by molar-refractivity contribution is 6.04. The van der Waals surface area contributed by atoms with Crippen LogP contribution in [0.4, 0.5) is 0 Å². The Morgan fingerprint density at radius 3 is 0.792 bits per heavy atom. The number of allylic oxidation sites excluding steroid dienone is 2. The number of aromatic nitrogens is 6. The number of benzene rings is 3. The predicted molar refractivity (Wildman–Crippen MR) is 298 cm³/mol. The van der Waals surface area contributed by atoms with Crippen LogP contribution in [0.5, 0.6) is 0 Å². The minimum Gasteiger partial charge on any atom is -0.254 e. The summed E-state index contributed by atoms with van der Waals surface area (Å²) in [5.41, 5.74) is 18.0. The first-order valence-electron chi connectivity index (χ1n) is 24.2. The lowest BCUT2D eigenvalue weighted by molar-refractivity contribution is 0.508. The third-order valence-electron chi connectivity index (χ3n) is 12.2. The Morgan fingerprint density at radius 1 is 0.306 bits per heavy atom. The fourth-order valence-electron chi connectivity index (χ4n) is 7.95. The fourth-order valence-corrected chi connectivity index (χ4v) is 7.95. The number of rotatable bonds is 0. The summed E-state index contributed by atoms with van der Waals surface area (Å²) >= 11 is 0. The van der Waals surface area contributed by atoms with Crippen molar-refractivity contribution in [3.8, 4) is 47.4 Å². The van der Waals surface area contributed by atoms with E-state index < -0.39 is 0 Å².